The van der Waals surface area contributed by atoms with Crippen LogP contribution in [0.25, 0.3) is 0 Å². The maximum Gasteiger partial charge on any atom is 0.133 e. The minimum atomic E-state index is -0.246. The van der Waals surface area contributed by atoms with Crippen molar-refractivity contribution in [3.63, 3.8) is 0 Å². The number of halogens is 2. The highest BCUT2D eigenvalue weighted by molar-refractivity contribution is 9.10. The van der Waals surface area contributed by atoms with Crippen LogP contribution in [0.5, 0.6) is 11.5 Å². The van der Waals surface area contributed by atoms with E-state index in [-0.39, 0.29) is 5.38 Å². The van der Waals surface area contributed by atoms with Gasteiger partial charge in [0, 0.05) is 15.3 Å². The van der Waals surface area contributed by atoms with Gasteiger partial charge in [0.1, 0.15) is 11.5 Å². The van der Waals surface area contributed by atoms with Gasteiger partial charge in [0.25, 0.3) is 0 Å². The molecule has 0 amide bonds. The standard InChI is InChI=1S/C15H16BrClO2S/c1-8-5-14(20-9(8)2)15(17)10-6-13(19-4)11(16)7-12(10)18-3/h5-7,15H,1-4H3. The van der Waals surface area contributed by atoms with Gasteiger partial charge >= 0.3 is 0 Å². The van der Waals surface area contributed by atoms with Crippen LogP contribution in [0.2, 0.25) is 0 Å². The van der Waals surface area contributed by atoms with Crippen LogP contribution in [0.15, 0.2) is 22.7 Å². The van der Waals surface area contributed by atoms with Crippen molar-refractivity contribution in [1.29, 1.82) is 0 Å². The number of ether oxygens (including phenoxy) is 2. The van der Waals surface area contributed by atoms with E-state index in [0.29, 0.717) is 0 Å². The molecule has 0 saturated carbocycles. The molecule has 108 valence electrons. The summed E-state index contributed by atoms with van der Waals surface area (Å²) in [5, 5.41) is -0.246. The predicted octanol–water partition coefficient (Wildman–Crippen LogP) is 5.47. The van der Waals surface area contributed by atoms with Crippen LogP contribution in [0.1, 0.15) is 26.3 Å². The first-order chi connectivity index (χ1) is 9.47. The number of aryl methyl sites for hydroxylation is 2. The minimum absolute atomic E-state index is 0.246. The molecule has 0 aliphatic heterocycles. The van der Waals surface area contributed by atoms with E-state index >= 15 is 0 Å². The number of alkyl halides is 1. The molecule has 2 aromatic rings. The molecule has 0 radical (unpaired) electrons. The van der Waals surface area contributed by atoms with Gasteiger partial charge in [-0.3, -0.25) is 0 Å². The van der Waals surface area contributed by atoms with Crippen LogP contribution >= 0.6 is 38.9 Å². The Morgan fingerprint density at radius 2 is 1.75 bits per heavy atom. The monoisotopic (exact) mass is 374 g/mol. The summed E-state index contributed by atoms with van der Waals surface area (Å²) in [6.07, 6.45) is 0. The molecular formula is C15H16BrClO2S. The van der Waals surface area contributed by atoms with E-state index in [9.17, 15) is 0 Å². The lowest BCUT2D eigenvalue weighted by atomic mass is 10.1. The summed E-state index contributed by atoms with van der Waals surface area (Å²) in [6.45, 7) is 4.20. The fourth-order valence-corrected chi connectivity index (χ4v) is 3.85. The van der Waals surface area contributed by atoms with Crippen molar-refractivity contribution >= 4 is 38.9 Å². The van der Waals surface area contributed by atoms with Crippen molar-refractivity contribution in [3.8, 4) is 11.5 Å². The number of methoxy groups -OCH3 is 2. The third-order valence-corrected chi connectivity index (χ3v) is 5.65. The van der Waals surface area contributed by atoms with E-state index in [1.165, 1.54) is 10.4 Å². The Morgan fingerprint density at radius 3 is 2.25 bits per heavy atom. The van der Waals surface area contributed by atoms with E-state index in [1.54, 1.807) is 25.6 Å². The lowest BCUT2D eigenvalue weighted by molar-refractivity contribution is 0.397. The Morgan fingerprint density at radius 1 is 1.10 bits per heavy atom. The summed E-state index contributed by atoms with van der Waals surface area (Å²) in [7, 11) is 3.28. The molecule has 0 saturated heterocycles. The Hall–Kier alpha value is -0.710. The third kappa shape index (κ3) is 2.97. The maximum absolute atomic E-state index is 6.64. The minimum Gasteiger partial charge on any atom is -0.496 e. The topological polar surface area (TPSA) is 18.5 Å². The average Bonchev–Trinajstić information content (AvgIpc) is 2.77. The zero-order valence-corrected chi connectivity index (χ0v) is 14.9. The summed E-state index contributed by atoms with van der Waals surface area (Å²) in [6, 6.07) is 5.94. The van der Waals surface area contributed by atoms with E-state index < -0.39 is 0 Å². The van der Waals surface area contributed by atoms with E-state index in [1.807, 2.05) is 12.1 Å². The second kappa shape index (κ2) is 6.37. The molecule has 20 heavy (non-hydrogen) atoms. The number of hydrogen-bond acceptors (Lipinski definition) is 3. The van der Waals surface area contributed by atoms with Crippen molar-refractivity contribution in [1.82, 2.24) is 0 Å². The van der Waals surface area contributed by atoms with Gasteiger partial charge in [0.15, 0.2) is 0 Å². The van der Waals surface area contributed by atoms with Gasteiger partial charge in [-0.1, -0.05) is 0 Å². The molecule has 0 N–H and O–H groups in total. The van der Waals surface area contributed by atoms with Gasteiger partial charge in [-0.15, -0.1) is 22.9 Å². The molecular weight excluding hydrogens is 360 g/mol. The Labute approximate surface area is 136 Å². The van der Waals surface area contributed by atoms with Crippen molar-refractivity contribution in [2.45, 2.75) is 19.2 Å². The summed E-state index contributed by atoms with van der Waals surface area (Å²) >= 11 is 11.8. The number of hydrogen-bond donors (Lipinski definition) is 0. The van der Waals surface area contributed by atoms with E-state index in [4.69, 9.17) is 21.1 Å². The average molecular weight is 376 g/mol. The largest absolute Gasteiger partial charge is 0.496 e. The lowest BCUT2D eigenvalue weighted by Gasteiger charge is -2.15. The van der Waals surface area contributed by atoms with Crippen molar-refractivity contribution in [3.05, 3.63) is 43.6 Å². The molecule has 1 aromatic carbocycles. The van der Waals surface area contributed by atoms with Gasteiger partial charge in [0.2, 0.25) is 0 Å². The molecule has 5 heteroatoms. The maximum atomic E-state index is 6.64. The zero-order chi connectivity index (χ0) is 14.9. The SMILES string of the molecule is COc1cc(C(Cl)c2cc(C)c(C)s2)c(OC)cc1Br. The first-order valence-corrected chi connectivity index (χ1v) is 8.15. The summed E-state index contributed by atoms with van der Waals surface area (Å²) in [5.41, 5.74) is 2.18. The van der Waals surface area contributed by atoms with Crippen LogP contribution in [-0.2, 0) is 0 Å². The molecule has 0 fully saturated rings. The summed E-state index contributed by atoms with van der Waals surface area (Å²) in [4.78, 5) is 2.40. The Balaban J connectivity index is 2.49. The number of thiophene rings is 1. The van der Waals surface area contributed by atoms with E-state index in [0.717, 1.165) is 26.4 Å². The Kier molecular flexibility index (Phi) is 4.99. The highest BCUT2D eigenvalue weighted by atomic mass is 79.9. The van der Waals surface area contributed by atoms with Crippen molar-refractivity contribution in [2.24, 2.45) is 0 Å². The van der Waals surface area contributed by atoms with E-state index in [2.05, 4.69) is 35.8 Å². The smallest absolute Gasteiger partial charge is 0.133 e. The molecule has 0 spiro atoms. The van der Waals surface area contributed by atoms with Gasteiger partial charge in [-0.25, -0.2) is 0 Å². The number of rotatable bonds is 4. The quantitative estimate of drug-likeness (QED) is 0.659. The molecule has 1 heterocycles. The van der Waals surface area contributed by atoms with Crippen molar-refractivity contribution in [2.75, 3.05) is 14.2 Å². The lowest BCUT2D eigenvalue weighted by Crippen LogP contribution is -1.98. The molecule has 2 nitrogen and oxygen atoms in total. The van der Waals surface area contributed by atoms with Gasteiger partial charge in [-0.2, -0.15) is 0 Å². The molecule has 1 aromatic heterocycles. The second-order valence-electron chi connectivity index (χ2n) is 4.48. The molecule has 0 aliphatic rings. The first kappa shape index (κ1) is 15.7. The van der Waals surface area contributed by atoms with Gasteiger partial charge in [-0.05, 0) is 53.5 Å². The normalized spacial score (nSPS) is 12.3. The predicted molar refractivity (Wildman–Crippen MR) is 88.7 cm³/mol. The molecule has 2 rings (SSSR count). The fourth-order valence-electron chi connectivity index (χ4n) is 1.96. The number of benzene rings is 1. The van der Waals surface area contributed by atoms with Crippen LogP contribution < -0.4 is 9.47 Å². The fraction of sp³-hybridized carbons (Fsp3) is 0.333. The highest BCUT2D eigenvalue weighted by Gasteiger charge is 2.20. The van der Waals surface area contributed by atoms with Gasteiger partial charge in [0.05, 0.1) is 24.1 Å². The van der Waals surface area contributed by atoms with Crippen molar-refractivity contribution < 1.29 is 9.47 Å². The Bertz CT molecular complexity index is 605. The first-order valence-electron chi connectivity index (χ1n) is 6.10. The highest BCUT2D eigenvalue weighted by Crippen LogP contribution is 2.43. The van der Waals surface area contributed by atoms with Crippen LogP contribution in [0.4, 0.5) is 0 Å². The van der Waals surface area contributed by atoms with Gasteiger partial charge < -0.3 is 9.47 Å². The third-order valence-electron chi connectivity index (χ3n) is 3.21. The zero-order valence-electron chi connectivity index (χ0n) is 11.8. The molecule has 0 bridgehead atoms. The second-order valence-corrected chi connectivity index (χ2v) is 7.06. The van der Waals surface area contributed by atoms with Crippen LogP contribution in [-0.4, -0.2) is 14.2 Å². The summed E-state index contributed by atoms with van der Waals surface area (Å²) < 4.78 is 11.6. The molecule has 1 unspecified atom stereocenters. The molecule has 1 atom stereocenters. The summed E-state index contributed by atoms with van der Waals surface area (Å²) in [5.74, 6) is 1.50. The van der Waals surface area contributed by atoms with Crippen LogP contribution in [0, 0.1) is 13.8 Å². The van der Waals surface area contributed by atoms with Crippen LogP contribution in [0.3, 0.4) is 0 Å². The molecule has 0 aliphatic carbocycles.